The first-order valence-electron chi connectivity index (χ1n) is 8.85. The van der Waals surface area contributed by atoms with Crippen molar-refractivity contribution in [2.75, 3.05) is 26.2 Å². The highest BCUT2D eigenvalue weighted by molar-refractivity contribution is 6.30. The van der Waals surface area contributed by atoms with Crippen LogP contribution < -0.4 is 5.56 Å². The standard InChI is InChI=1S/C19H18Cl2F3N3O2/c20-15-3-1-2-13(8-15)10-25-4-6-26(7-5-25)17(28)12-27-11-14(19(22,23)24)9-16(21)18(27)29/h1-3,8-9,11H,4-7,10,12H2. The number of piperazine rings is 1. The molecule has 1 aliphatic heterocycles. The molecule has 0 spiro atoms. The Hall–Kier alpha value is -2.03. The lowest BCUT2D eigenvalue weighted by Crippen LogP contribution is -2.49. The van der Waals surface area contributed by atoms with Crippen LogP contribution in [0.1, 0.15) is 11.1 Å². The van der Waals surface area contributed by atoms with E-state index in [9.17, 15) is 22.8 Å². The Kier molecular flexibility index (Phi) is 6.55. The van der Waals surface area contributed by atoms with Crippen LogP contribution in [0.15, 0.2) is 41.3 Å². The fourth-order valence-corrected chi connectivity index (χ4v) is 3.61. The van der Waals surface area contributed by atoms with Crippen molar-refractivity contribution in [1.29, 1.82) is 0 Å². The summed E-state index contributed by atoms with van der Waals surface area (Å²) in [4.78, 5) is 28.2. The Morgan fingerprint density at radius 2 is 1.76 bits per heavy atom. The second-order valence-corrected chi connectivity index (χ2v) is 7.64. The highest BCUT2D eigenvalue weighted by Crippen LogP contribution is 2.29. The van der Waals surface area contributed by atoms with Crippen molar-refractivity contribution in [3.63, 3.8) is 0 Å². The summed E-state index contributed by atoms with van der Waals surface area (Å²) in [7, 11) is 0. The van der Waals surface area contributed by atoms with Gasteiger partial charge in [0.1, 0.15) is 11.6 Å². The molecule has 0 bridgehead atoms. The van der Waals surface area contributed by atoms with Crippen LogP contribution in [0, 0.1) is 0 Å². The summed E-state index contributed by atoms with van der Waals surface area (Å²) >= 11 is 11.6. The van der Waals surface area contributed by atoms with Crippen molar-refractivity contribution in [2.24, 2.45) is 0 Å². The highest BCUT2D eigenvalue weighted by Gasteiger charge is 2.32. The Balaban J connectivity index is 1.62. The first-order chi connectivity index (χ1) is 13.6. The van der Waals surface area contributed by atoms with E-state index < -0.39 is 34.8 Å². The third-order valence-corrected chi connectivity index (χ3v) is 5.20. The van der Waals surface area contributed by atoms with Crippen LogP contribution in [0.2, 0.25) is 10.0 Å². The van der Waals surface area contributed by atoms with Crippen molar-refractivity contribution in [3.8, 4) is 0 Å². The maximum Gasteiger partial charge on any atom is 0.417 e. The minimum Gasteiger partial charge on any atom is -0.339 e. The van der Waals surface area contributed by atoms with Gasteiger partial charge in [0.2, 0.25) is 5.91 Å². The van der Waals surface area contributed by atoms with Gasteiger partial charge in [-0.25, -0.2) is 0 Å². The van der Waals surface area contributed by atoms with Crippen LogP contribution in [0.5, 0.6) is 0 Å². The lowest BCUT2D eigenvalue weighted by molar-refractivity contribution is -0.139. The largest absolute Gasteiger partial charge is 0.417 e. The van der Waals surface area contributed by atoms with Crippen LogP contribution in [-0.2, 0) is 24.1 Å². The molecule has 1 amide bonds. The number of pyridine rings is 1. The molecule has 156 valence electrons. The first kappa shape index (κ1) is 21.7. The predicted molar refractivity (Wildman–Crippen MR) is 104 cm³/mol. The molecule has 3 rings (SSSR count). The van der Waals surface area contributed by atoms with Crippen molar-refractivity contribution in [3.05, 3.63) is 68.1 Å². The van der Waals surface area contributed by atoms with E-state index in [0.29, 0.717) is 54.6 Å². The van der Waals surface area contributed by atoms with Gasteiger partial charge in [-0.1, -0.05) is 35.3 Å². The SMILES string of the molecule is O=C(Cn1cc(C(F)(F)F)cc(Cl)c1=O)N1CCN(Cc2cccc(Cl)c2)CC1. The fourth-order valence-electron chi connectivity index (χ4n) is 3.17. The van der Waals surface area contributed by atoms with Gasteiger partial charge in [0.05, 0.1) is 5.56 Å². The Morgan fingerprint density at radius 1 is 1.07 bits per heavy atom. The van der Waals surface area contributed by atoms with Crippen LogP contribution in [-0.4, -0.2) is 46.5 Å². The van der Waals surface area contributed by atoms with E-state index in [0.717, 1.165) is 5.56 Å². The van der Waals surface area contributed by atoms with Crippen LogP contribution in [0.25, 0.3) is 0 Å². The number of halogens is 5. The number of hydrogen-bond acceptors (Lipinski definition) is 3. The summed E-state index contributed by atoms with van der Waals surface area (Å²) in [6.45, 7) is 2.25. The minimum absolute atomic E-state index is 0.418. The van der Waals surface area contributed by atoms with E-state index in [1.807, 2.05) is 18.2 Å². The number of alkyl halides is 3. The lowest BCUT2D eigenvalue weighted by Gasteiger charge is -2.35. The molecule has 10 heteroatoms. The van der Waals surface area contributed by atoms with Gasteiger partial charge in [0.15, 0.2) is 0 Å². The van der Waals surface area contributed by atoms with Gasteiger partial charge in [-0.05, 0) is 23.8 Å². The zero-order valence-corrected chi connectivity index (χ0v) is 16.8. The first-order valence-corrected chi connectivity index (χ1v) is 9.61. The van der Waals surface area contributed by atoms with E-state index in [2.05, 4.69) is 4.90 Å². The maximum atomic E-state index is 12.9. The molecule has 1 aromatic carbocycles. The zero-order valence-electron chi connectivity index (χ0n) is 15.3. The molecule has 1 saturated heterocycles. The van der Waals surface area contributed by atoms with Gasteiger partial charge < -0.3 is 9.47 Å². The zero-order chi connectivity index (χ0) is 21.2. The summed E-state index contributed by atoms with van der Waals surface area (Å²) in [5.74, 6) is -0.426. The van der Waals surface area contributed by atoms with E-state index >= 15 is 0 Å². The third kappa shape index (κ3) is 5.52. The topological polar surface area (TPSA) is 45.6 Å². The molecule has 0 saturated carbocycles. The van der Waals surface area contributed by atoms with Crippen molar-refractivity contribution < 1.29 is 18.0 Å². The Labute approximate surface area is 175 Å². The predicted octanol–water partition coefficient (Wildman–Crippen LogP) is 3.52. The average molecular weight is 448 g/mol. The fraction of sp³-hybridized carbons (Fsp3) is 0.368. The summed E-state index contributed by atoms with van der Waals surface area (Å²) in [6.07, 6.45) is -4.03. The van der Waals surface area contributed by atoms with E-state index in [1.54, 1.807) is 6.07 Å². The molecule has 0 atom stereocenters. The van der Waals surface area contributed by atoms with Crippen molar-refractivity contribution in [2.45, 2.75) is 19.3 Å². The molecule has 1 aromatic heterocycles. The second-order valence-electron chi connectivity index (χ2n) is 6.79. The normalized spacial score (nSPS) is 15.6. The number of benzene rings is 1. The molecule has 0 unspecified atom stereocenters. The molecule has 2 aromatic rings. The van der Waals surface area contributed by atoms with Crippen LogP contribution in [0.3, 0.4) is 0 Å². The number of hydrogen-bond donors (Lipinski definition) is 0. The molecule has 1 aliphatic rings. The molecule has 5 nitrogen and oxygen atoms in total. The number of nitrogens with zero attached hydrogens (tertiary/aromatic N) is 3. The molecule has 1 fully saturated rings. The second kappa shape index (κ2) is 8.77. The summed E-state index contributed by atoms with van der Waals surface area (Å²) < 4.78 is 39.5. The summed E-state index contributed by atoms with van der Waals surface area (Å²) in [5, 5.41) is 0.0838. The molecule has 0 aliphatic carbocycles. The highest BCUT2D eigenvalue weighted by atomic mass is 35.5. The number of carbonyl (C=O) groups excluding carboxylic acids is 1. The average Bonchev–Trinajstić information content (AvgIpc) is 2.65. The molecule has 29 heavy (non-hydrogen) atoms. The van der Waals surface area contributed by atoms with Gasteiger partial charge in [0, 0.05) is 43.9 Å². The minimum atomic E-state index is -4.66. The summed E-state index contributed by atoms with van der Waals surface area (Å²) in [5.41, 5.74) is -0.837. The smallest absolute Gasteiger partial charge is 0.339 e. The van der Waals surface area contributed by atoms with Crippen LogP contribution >= 0.6 is 23.2 Å². The van der Waals surface area contributed by atoms with Gasteiger partial charge in [-0.3, -0.25) is 14.5 Å². The molecule has 2 heterocycles. The van der Waals surface area contributed by atoms with Gasteiger partial charge in [-0.15, -0.1) is 0 Å². The van der Waals surface area contributed by atoms with Gasteiger partial charge >= 0.3 is 6.18 Å². The molecule has 0 radical (unpaired) electrons. The maximum absolute atomic E-state index is 12.9. The van der Waals surface area contributed by atoms with E-state index in [4.69, 9.17) is 23.2 Å². The number of aromatic nitrogens is 1. The monoisotopic (exact) mass is 447 g/mol. The molecular formula is C19H18Cl2F3N3O2. The number of amides is 1. The van der Waals surface area contributed by atoms with Gasteiger partial charge in [-0.2, -0.15) is 13.2 Å². The third-order valence-electron chi connectivity index (χ3n) is 4.70. The van der Waals surface area contributed by atoms with Crippen molar-refractivity contribution in [1.82, 2.24) is 14.4 Å². The quantitative estimate of drug-likeness (QED) is 0.720. The Morgan fingerprint density at radius 3 is 2.38 bits per heavy atom. The lowest BCUT2D eigenvalue weighted by atomic mass is 10.2. The van der Waals surface area contributed by atoms with Crippen LogP contribution in [0.4, 0.5) is 13.2 Å². The number of carbonyl (C=O) groups is 1. The van der Waals surface area contributed by atoms with Gasteiger partial charge in [0.25, 0.3) is 5.56 Å². The Bertz CT molecular complexity index is 954. The summed E-state index contributed by atoms with van der Waals surface area (Å²) in [6, 6.07) is 8.08. The number of rotatable bonds is 4. The molecule has 0 N–H and O–H groups in total. The van der Waals surface area contributed by atoms with Crippen molar-refractivity contribution >= 4 is 29.1 Å². The van der Waals surface area contributed by atoms with E-state index in [1.165, 1.54) is 4.90 Å². The molecular weight excluding hydrogens is 430 g/mol. The van der Waals surface area contributed by atoms with E-state index in [-0.39, 0.29) is 0 Å².